The summed E-state index contributed by atoms with van der Waals surface area (Å²) < 4.78 is 50.5. The Labute approximate surface area is 237 Å². The first-order chi connectivity index (χ1) is 17.5. The van der Waals surface area contributed by atoms with Crippen LogP contribution in [0.5, 0.6) is 0 Å². The molecule has 0 bridgehead atoms. The molecule has 1 aliphatic heterocycles. The molecule has 1 aliphatic carbocycles. The van der Waals surface area contributed by atoms with Gasteiger partial charge in [-0.1, -0.05) is 61.9 Å². The summed E-state index contributed by atoms with van der Waals surface area (Å²) in [6.07, 6.45) is 10.7. The molecular formula is C26H32Cl2F2N2O4S2. The lowest BCUT2D eigenvalue weighted by Crippen LogP contribution is -2.29. The third kappa shape index (κ3) is 8.24. The van der Waals surface area contributed by atoms with Gasteiger partial charge in [-0.15, -0.1) is 11.3 Å². The van der Waals surface area contributed by atoms with E-state index in [9.17, 15) is 26.8 Å². The summed E-state index contributed by atoms with van der Waals surface area (Å²) in [7, 11) is -4.07. The van der Waals surface area contributed by atoms with Crippen LogP contribution in [0.4, 0.5) is 8.78 Å². The van der Waals surface area contributed by atoms with Crippen molar-refractivity contribution in [1.82, 2.24) is 9.62 Å². The largest absolute Gasteiger partial charge is 0.312 e. The third-order valence-corrected chi connectivity index (χ3v) is 9.74. The lowest BCUT2D eigenvalue weighted by molar-refractivity contribution is -0.126. The van der Waals surface area contributed by atoms with Crippen LogP contribution in [0.1, 0.15) is 59.8 Å². The summed E-state index contributed by atoms with van der Waals surface area (Å²) >= 11 is 12.4. The number of sulfonamides is 1. The van der Waals surface area contributed by atoms with Crippen molar-refractivity contribution < 1.29 is 26.8 Å². The number of alkyl halides is 1. The third-order valence-electron chi connectivity index (χ3n) is 6.06. The predicted octanol–water partition coefficient (Wildman–Crippen LogP) is 7.28. The second-order valence-corrected chi connectivity index (χ2v) is 13.7. The van der Waals surface area contributed by atoms with Crippen molar-refractivity contribution in [3.63, 3.8) is 0 Å². The minimum Gasteiger partial charge on any atom is -0.312 e. The molecule has 0 spiro atoms. The minimum absolute atomic E-state index is 0.0736. The molecule has 1 aromatic heterocycles. The first-order valence-corrected chi connectivity index (χ1v) is 15.0. The molecule has 6 nitrogen and oxygen atoms in total. The van der Waals surface area contributed by atoms with E-state index in [-0.39, 0.29) is 24.9 Å². The van der Waals surface area contributed by atoms with Crippen LogP contribution in [0.3, 0.4) is 0 Å². The lowest BCUT2D eigenvalue weighted by Gasteiger charge is -2.34. The van der Waals surface area contributed by atoms with Crippen molar-refractivity contribution in [3.8, 4) is 0 Å². The summed E-state index contributed by atoms with van der Waals surface area (Å²) in [4.78, 5) is 26.8. The zero-order valence-corrected chi connectivity index (χ0v) is 24.9. The topological polar surface area (TPSA) is 83.6 Å². The van der Waals surface area contributed by atoms with Gasteiger partial charge in [0.25, 0.3) is 15.9 Å². The fourth-order valence-electron chi connectivity index (χ4n) is 4.07. The first-order valence-electron chi connectivity index (χ1n) is 11.9. The van der Waals surface area contributed by atoms with Crippen LogP contribution in [-0.4, -0.2) is 37.3 Å². The lowest BCUT2D eigenvalue weighted by atomic mass is 9.74. The van der Waals surface area contributed by atoms with Gasteiger partial charge in [-0.25, -0.2) is 21.9 Å². The molecule has 0 saturated carbocycles. The number of amides is 2. The molecular weight excluding hydrogens is 577 g/mol. The highest BCUT2D eigenvalue weighted by Gasteiger charge is 2.46. The number of likely N-dealkylation sites (tertiary alicyclic amines) is 1. The molecule has 2 amide bonds. The molecule has 1 saturated heterocycles. The number of nitrogens with one attached hydrogen (secondary N) is 1. The molecule has 1 aromatic rings. The van der Waals surface area contributed by atoms with E-state index in [0.717, 1.165) is 62.1 Å². The van der Waals surface area contributed by atoms with Crippen LogP contribution in [0.15, 0.2) is 58.3 Å². The molecule has 2 aliphatic rings. The van der Waals surface area contributed by atoms with Crippen LogP contribution in [0, 0.1) is 5.41 Å². The molecule has 2 heterocycles. The molecule has 1 N–H and O–H groups in total. The molecule has 0 radical (unpaired) electrons. The summed E-state index contributed by atoms with van der Waals surface area (Å²) in [5.74, 6) is -1.63. The van der Waals surface area contributed by atoms with E-state index in [0.29, 0.717) is 13.0 Å². The first kappa shape index (κ1) is 32.2. The van der Waals surface area contributed by atoms with E-state index in [1.165, 1.54) is 12.1 Å². The average Bonchev–Trinajstić information content (AvgIpc) is 3.27. The number of halogens is 4. The van der Waals surface area contributed by atoms with Crippen molar-refractivity contribution in [2.24, 2.45) is 5.41 Å². The molecule has 1 unspecified atom stereocenters. The van der Waals surface area contributed by atoms with Gasteiger partial charge in [-0.05, 0) is 51.2 Å². The Morgan fingerprint density at radius 3 is 2.50 bits per heavy atom. The monoisotopic (exact) mass is 608 g/mol. The van der Waals surface area contributed by atoms with Gasteiger partial charge in [-0.2, -0.15) is 0 Å². The maximum absolute atomic E-state index is 12.7. The fraction of sp³-hybridized carbons (Fsp3) is 0.462. The normalized spacial score (nSPS) is 20.1. The van der Waals surface area contributed by atoms with E-state index >= 15 is 0 Å². The Kier molecular flexibility index (Phi) is 10.9. The maximum atomic E-state index is 12.7. The van der Waals surface area contributed by atoms with Crippen LogP contribution < -0.4 is 4.72 Å². The Balaban J connectivity index is 0.000000638. The smallest absolute Gasteiger partial charge is 0.273 e. The van der Waals surface area contributed by atoms with Crippen molar-refractivity contribution in [2.45, 2.75) is 69.7 Å². The Morgan fingerprint density at radius 2 is 1.97 bits per heavy atom. The number of hydrogen-bond acceptors (Lipinski definition) is 5. The molecule has 12 heteroatoms. The fourth-order valence-corrected chi connectivity index (χ4v) is 6.90. The van der Waals surface area contributed by atoms with Gasteiger partial charge in [0.05, 0.1) is 5.02 Å². The van der Waals surface area contributed by atoms with Crippen LogP contribution in [0.25, 0.3) is 0 Å². The van der Waals surface area contributed by atoms with Crippen molar-refractivity contribution >= 4 is 56.4 Å². The molecule has 3 rings (SSSR count). The van der Waals surface area contributed by atoms with Crippen molar-refractivity contribution in [3.05, 3.63) is 63.4 Å². The number of hydrogen-bond donors (Lipinski definition) is 1. The van der Waals surface area contributed by atoms with Gasteiger partial charge < -0.3 is 4.90 Å². The molecule has 1 fully saturated rings. The number of carbonyl (C=O) groups excluding carboxylic acids is 2. The van der Waals surface area contributed by atoms with Crippen molar-refractivity contribution in [1.29, 1.82) is 0 Å². The highest BCUT2D eigenvalue weighted by Crippen LogP contribution is 2.50. The second-order valence-electron chi connectivity index (χ2n) is 9.72. The van der Waals surface area contributed by atoms with Crippen LogP contribution in [-0.2, 0) is 19.6 Å². The Bertz CT molecular complexity index is 1260. The number of carbonyl (C=O) groups is 2. The van der Waals surface area contributed by atoms with Crippen molar-refractivity contribution in [2.75, 3.05) is 6.54 Å². The van der Waals surface area contributed by atoms with Gasteiger partial charge in [0, 0.05) is 30.2 Å². The summed E-state index contributed by atoms with van der Waals surface area (Å²) in [5.41, 5.74) is -0.297. The van der Waals surface area contributed by atoms with E-state index in [2.05, 4.69) is 13.5 Å². The number of thiophene rings is 1. The second kappa shape index (κ2) is 12.9. The highest BCUT2D eigenvalue weighted by molar-refractivity contribution is 7.92. The summed E-state index contributed by atoms with van der Waals surface area (Å²) in [6.45, 7) is 9.63. The average molecular weight is 610 g/mol. The predicted molar refractivity (Wildman–Crippen MR) is 149 cm³/mol. The zero-order chi connectivity index (χ0) is 28.9. The maximum Gasteiger partial charge on any atom is 0.273 e. The zero-order valence-electron chi connectivity index (χ0n) is 21.7. The number of fused-ring (bicyclic) bond motifs is 1. The van der Waals surface area contributed by atoms with Gasteiger partial charge in [-0.3, -0.25) is 9.59 Å². The van der Waals surface area contributed by atoms with E-state index in [1.54, 1.807) is 11.0 Å². The molecule has 38 heavy (non-hydrogen) atoms. The van der Waals surface area contributed by atoms with Gasteiger partial charge in [0.2, 0.25) is 5.91 Å². The highest BCUT2D eigenvalue weighted by atomic mass is 35.5. The quantitative estimate of drug-likeness (QED) is 0.248. The SMILES string of the molecule is C=C(F)C(C)(C)F.CC/C=C/CN1C(=O)CC2(C)CCCC(/C=C/C(=O)NS(=O)(=O)c3cc(Cl)c(Cl)s3)=C12. The van der Waals surface area contributed by atoms with E-state index in [4.69, 9.17) is 23.2 Å². The molecule has 1 atom stereocenters. The number of nitrogens with zero attached hydrogens (tertiary/aromatic N) is 1. The van der Waals surface area contributed by atoms with E-state index < -0.39 is 27.4 Å². The summed E-state index contributed by atoms with van der Waals surface area (Å²) in [5, 5.41) is 0.117. The van der Waals surface area contributed by atoms with E-state index in [1.807, 2.05) is 23.8 Å². The molecule has 0 aromatic carbocycles. The number of rotatable bonds is 8. The van der Waals surface area contributed by atoms with Gasteiger partial charge in [0.1, 0.15) is 14.4 Å². The van der Waals surface area contributed by atoms with Crippen LogP contribution >= 0.6 is 34.5 Å². The Morgan fingerprint density at radius 1 is 1.34 bits per heavy atom. The van der Waals surface area contributed by atoms with Gasteiger partial charge in [0.15, 0.2) is 5.67 Å². The van der Waals surface area contributed by atoms with Gasteiger partial charge >= 0.3 is 0 Å². The summed E-state index contributed by atoms with van der Waals surface area (Å²) in [6, 6.07) is 1.21. The Hall–Kier alpha value is -2.01. The van der Waals surface area contributed by atoms with Crippen LogP contribution in [0.2, 0.25) is 9.36 Å². The molecule has 210 valence electrons. The number of allylic oxidation sites excluding steroid dienone is 5. The minimum atomic E-state index is -4.07. The standard InChI is InChI=1S/C21H24Cl2N2O4S2.C5H8F2/c1-3-4-5-11-25-17(27)13-21(2)10-6-7-14(19(21)25)8-9-16(26)24-31(28,29)18-12-15(22)20(23)30-18;1-4(6)5(2,3)7/h4-5,8-9,12H,3,6-7,10-11,13H2,1-2H3,(H,24,26);1H2,2-3H3/b5-4+,9-8+;.